The van der Waals surface area contributed by atoms with Gasteiger partial charge in [-0.15, -0.1) is 0 Å². The molecule has 25 heavy (non-hydrogen) atoms. The largest absolute Gasteiger partial charge is 0.412 e. The second-order valence-corrected chi connectivity index (χ2v) is 6.02. The van der Waals surface area contributed by atoms with Crippen LogP contribution in [0.1, 0.15) is 31.2 Å². The number of hydrazone groups is 1. The number of benzene rings is 1. The van der Waals surface area contributed by atoms with Crippen molar-refractivity contribution in [2.24, 2.45) is 16.7 Å². The van der Waals surface area contributed by atoms with Crippen molar-refractivity contribution in [2.75, 3.05) is 0 Å². The third kappa shape index (κ3) is 4.26. The van der Waals surface area contributed by atoms with Gasteiger partial charge < -0.3 is 21.6 Å². The van der Waals surface area contributed by atoms with Crippen molar-refractivity contribution < 1.29 is 9.53 Å². The van der Waals surface area contributed by atoms with Gasteiger partial charge >= 0.3 is 6.09 Å². The van der Waals surface area contributed by atoms with E-state index in [1.165, 1.54) is 0 Å². The molecule has 1 fully saturated rings. The summed E-state index contributed by atoms with van der Waals surface area (Å²) in [5.74, 6) is 5.89. The van der Waals surface area contributed by atoms with Crippen molar-refractivity contribution in [1.82, 2.24) is 10.3 Å². The number of nitrogens with two attached hydrogens (primary N) is 2. The SMILES string of the molecule is N/N=C(\N)c1cncc(-c2cccc(OC(=O)NC3CCCC3)c2)c1. The van der Waals surface area contributed by atoms with Crippen molar-refractivity contribution in [1.29, 1.82) is 0 Å². The van der Waals surface area contributed by atoms with Crippen LogP contribution in [0.15, 0.2) is 47.8 Å². The zero-order valence-electron chi connectivity index (χ0n) is 13.8. The summed E-state index contributed by atoms with van der Waals surface area (Å²) in [6.07, 6.45) is 7.19. The molecule has 0 atom stereocenters. The zero-order chi connectivity index (χ0) is 17.6. The molecule has 3 rings (SSSR count). The Balaban J connectivity index is 1.74. The van der Waals surface area contributed by atoms with E-state index in [2.05, 4.69) is 15.4 Å². The summed E-state index contributed by atoms with van der Waals surface area (Å²) in [6, 6.07) is 9.29. The number of aromatic nitrogens is 1. The van der Waals surface area contributed by atoms with E-state index in [1.54, 1.807) is 24.5 Å². The highest BCUT2D eigenvalue weighted by molar-refractivity contribution is 5.97. The van der Waals surface area contributed by atoms with Crippen LogP contribution in [0.2, 0.25) is 0 Å². The van der Waals surface area contributed by atoms with E-state index >= 15 is 0 Å². The normalized spacial score (nSPS) is 15.1. The lowest BCUT2D eigenvalue weighted by Crippen LogP contribution is -2.34. The zero-order valence-corrected chi connectivity index (χ0v) is 13.8. The van der Waals surface area contributed by atoms with Gasteiger partial charge in [-0.2, -0.15) is 5.10 Å². The molecular weight excluding hydrogens is 318 g/mol. The summed E-state index contributed by atoms with van der Waals surface area (Å²) in [5, 5.41) is 6.37. The fraction of sp³-hybridized carbons (Fsp3) is 0.278. The number of carbonyl (C=O) groups is 1. The van der Waals surface area contributed by atoms with Gasteiger partial charge in [0.25, 0.3) is 0 Å². The summed E-state index contributed by atoms with van der Waals surface area (Å²) in [5.41, 5.74) is 8.03. The average Bonchev–Trinajstić information content (AvgIpc) is 3.14. The van der Waals surface area contributed by atoms with Gasteiger partial charge in [-0.1, -0.05) is 25.0 Å². The summed E-state index contributed by atoms with van der Waals surface area (Å²) in [7, 11) is 0. The maximum absolute atomic E-state index is 12.0. The minimum Gasteiger partial charge on any atom is -0.410 e. The topological polar surface area (TPSA) is 116 Å². The lowest BCUT2D eigenvalue weighted by atomic mass is 10.1. The Morgan fingerprint density at radius 2 is 2.00 bits per heavy atom. The third-order valence-corrected chi connectivity index (χ3v) is 4.23. The van der Waals surface area contributed by atoms with Crippen LogP contribution >= 0.6 is 0 Å². The van der Waals surface area contributed by atoms with Crippen molar-refractivity contribution >= 4 is 11.9 Å². The van der Waals surface area contributed by atoms with Crippen LogP contribution in [0.25, 0.3) is 11.1 Å². The number of nitrogens with zero attached hydrogens (tertiary/aromatic N) is 2. The summed E-state index contributed by atoms with van der Waals surface area (Å²) < 4.78 is 5.40. The predicted octanol–water partition coefficient (Wildman–Crippen LogP) is 2.36. The molecule has 1 aliphatic carbocycles. The predicted molar refractivity (Wildman–Crippen MR) is 96.0 cm³/mol. The molecule has 1 aromatic carbocycles. The smallest absolute Gasteiger partial charge is 0.410 e. The second kappa shape index (κ2) is 7.65. The summed E-state index contributed by atoms with van der Waals surface area (Å²) >= 11 is 0. The van der Waals surface area contributed by atoms with Crippen LogP contribution in [-0.4, -0.2) is 23.0 Å². The van der Waals surface area contributed by atoms with E-state index in [0.717, 1.165) is 36.8 Å². The number of nitrogens with one attached hydrogen (secondary N) is 1. The van der Waals surface area contributed by atoms with Crippen molar-refractivity contribution in [3.63, 3.8) is 0 Å². The fourth-order valence-electron chi connectivity index (χ4n) is 2.92. The van der Waals surface area contributed by atoms with Crippen LogP contribution in [0.4, 0.5) is 4.79 Å². The Hall–Kier alpha value is -3.09. The molecule has 1 aliphatic rings. The van der Waals surface area contributed by atoms with Crippen molar-refractivity contribution in [3.8, 4) is 16.9 Å². The van der Waals surface area contributed by atoms with Crippen LogP contribution in [-0.2, 0) is 0 Å². The number of amides is 1. The van der Waals surface area contributed by atoms with Gasteiger partial charge in [0.1, 0.15) is 5.75 Å². The lowest BCUT2D eigenvalue weighted by molar-refractivity contribution is 0.196. The molecule has 130 valence electrons. The molecule has 1 aromatic heterocycles. The highest BCUT2D eigenvalue weighted by Gasteiger charge is 2.18. The highest BCUT2D eigenvalue weighted by atomic mass is 16.6. The molecule has 0 radical (unpaired) electrons. The third-order valence-electron chi connectivity index (χ3n) is 4.23. The first kappa shape index (κ1) is 16.8. The van der Waals surface area contributed by atoms with Crippen LogP contribution in [0.3, 0.4) is 0 Å². The minimum absolute atomic E-state index is 0.206. The average molecular weight is 339 g/mol. The summed E-state index contributed by atoms with van der Waals surface area (Å²) in [6.45, 7) is 0. The van der Waals surface area contributed by atoms with Gasteiger partial charge in [0.15, 0.2) is 5.84 Å². The number of hydrogen-bond donors (Lipinski definition) is 3. The molecule has 0 unspecified atom stereocenters. The number of amidine groups is 1. The molecule has 1 heterocycles. The summed E-state index contributed by atoms with van der Waals surface area (Å²) in [4.78, 5) is 16.2. The van der Waals surface area contributed by atoms with E-state index in [1.807, 2.05) is 18.2 Å². The van der Waals surface area contributed by atoms with E-state index in [9.17, 15) is 4.79 Å². The van der Waals surface area contributed by atoms with Gasteiger partial charge in [-0.3, -0.25) is 4.98 Å². The molecular formula is C18H21N5O2. The Kier molecular flexibility index (Phi) is 5.13. The Bertz CT molecular complexity index is 785. The van der Waals surface area contributed by atoms with Gasteiger partial charge in [0.2, 0.25) is 0 Å². The number of hydrogen-bond acceptors (Lipinski definition) is 5. The standard InChI is InChI=1S/C18H21N5O2/c19-17(23-20)14-8-13(10-21-11-14)12-4-3-7-16(9-12)25-18(24)22-15-5-1-2-6-15/h3-4,7-11,15H,1-2,5-6,20H2,(H2,19,23)(H,22,24). The molecule has 0 saturated heterocycles. The molecule has 7 heteroatoms. The first-order chi connectivity index (χ1) is 12.2. The van der Waals surface area contributed by atoms with Crippen LogP contribution in [0, 0.1) is 0 Å². The van der Waals surface area contributed by atoms with E-state index in [0.29, 0.717) is 11.3 Å². The van der Waals surface area contributed by atoms with E-state index in [4.69, 9.17) is 16.3 Å². The van der Waals surface area contributed by atoms with Gasteiger partial charge in [0, 0.05) is 29.6 Å². The van der Waals surface area contributed by atoms with E-state index < -0.39 is 6.09 Å². The first-order valence-corrected chi connectivity index (χ1v) is 8.23. The highest BCUT2D eigenvalue weighted by Crippen LogP contribution is 2.24. The molecule has 5 N–H and O–H groups in total. The van der Waals surface area contributed by atoms with Crippen molar-refractivity contribution in [3.05, 3.63) is 48.3 Å². The quantitative estimate of drug-likeness (QED) is 0.342. The van der Waals surface area contributed by atoms with Gasteiger partial charge in [-0.25, -0.2) is 4.79 Å². The number of pyridine rings is 1. The van der Waals surface area contributed by atoms with Gasteiger partial charge in [0.05, 0.1) is 0 Å². The molecule has 0 spiro atoms. The number of carbonyl (C=O) groups excluding carboxylic acids is 1. The Morgan fingerprint density at radius 1 is 1.20 bits per heavy atom. The number of rotatable bonds is 4. The molecule has 1 amide bonds. The maximum Gasteiger partial charge on any atom is 0.412 e. The second-order valence-electron chi connectivity index (χ2n) is 6.02. The van der Waals surface area contributed by atoms with E-state index in [-0.39, 0.29) is 11.9 Å². The van der Waals surface area contributed by atoms with Crippen LogP contribution < -0.4 is 21.6 Å². The van der Waals surface area contributed by atoms with Crippen molar-refractivity contribution in [2.45, 2.75) is 31.7 Å². The molecule has 7 nitrogen and oxygen atoms in total. The molecule has 0 bridgehead atoms. The number of ether oxygens (including phenoxy) is 1. The minimum atomic E-state index is -0.421. The van der Waals surface area contributed by atoms with Gasteiger partial charge in [-0.05, 0) is 36.6 Å². The lowest BCUT2D eigenvalue weighted by Gasteiger charge is -2.12. The van der Waals surface area contributed by atoms with Crippen LogP contribution in [0.5, 0.6) is 5.75 Å². The monoisotopic (exact) mass is 339 g/mol. The maximum atomic E-state index is 12.0. The fourth-order valence-corrected chi connectivity index (χ4v) is 2.92. The Labute approximate surface area is 146 Å². The Morgan fingerprint density at radius 3 is 2.76 bits per heavy atom. The first-order valence-electron chi connectivity index (χ1n) is 8.23. The molecule has 1 saturated carbocycles. The molecule has 0 aliphatic heterocycles. The molecule has 2 aromatic rings.